The number of pyridine rings is 1. The Morgan fingerprint density at radius 2 is 1.86 bits per heavy atom. The summed E-state index contributed by atoms with van der Waals surface area (Å²) in [5, 5.41) is 4.95. The van der Waals surface area contributed by atoms with Crippen molar-refractivity contribution in [3.05, 3.63) is 58.3 Å². The lowest BCUT2D eigenvalue weighted by atomic mass is 10.1. The van der Waals surface area contributed by atoms with Crippen molar-refractivity contribution in [2.24, 2.45) is 0 Å². The molecule has 0 radical (unpaired) electrons. The molecule has 2 nitrogen and oxygen atoms in total. The van der Waals surface area contributed by atoms with Crippen LogP contribution in [0.3, 0.4) is 0 Å². The van der Waals surface area contributed by atoms with Crippen LogP contribution in [-0.4, -0.2) is 12.0 Å². The van der Waals surface area contributed by atoms with Crippen LogP contribution in [0.1, 0.15) is 0 Å². The molecule has 3 aromatic rings. The van der Waals surface area contributed by atoms with Gasteiger partial charge in [0.1, 0.15) is 5.82 Å². The van der Waals surface area contributed by atoms with Crippen molar-refractivity contribution in [3.63, 3.8) is 0 Å². The number of aromatic nitrogens is 1. The van der Waals surface area contributed by atoms with Crippen molar-refractivity contribution >= 4 is 39.8 Å². The first-order chi connectivity index (χ1) is 10.1. The van der Waals surface area contributed by atoms with E-state index in [4.69, 9.17) is 23.2 Å². The monoisotopic (exact) mass is 320 g/mol. The molecule has 21 heavy (non-hydrogen) atoms. The number of rotatable bonds is 2. The van der Waals surface area contributed by atoms with Crippen LogP contribution < -0.4 is 5.32 Å². The number of anilines is 1. The molecule has 0 aliphatic carbocycles. The smallest absolute Gasteiger partial charge is 0.123 e. The van der Waals surface area contributed by atoms with Gasteiger partial charge < -0.3 is 5.32 Å². The SMILES string of the molecule is CNc1cc2cccc(Cl)c2nc1-c1cc(F)ccc1Cl. The van der Waals surface area contributed by atoms with Crippen LogP contribution in [0.15, 0.2) is 42.5 Å². The highest BCUT2D eigenvalue weighted by Crippen LogP contribution is 2.35. The highest BCUT2D eigenvalue weighted by Gasteiger charge is 2.13. The number of fused-ring (bicyclic) bond motifs is 1. The first-order valence-electron chi connectivity index (χ1n) is 6.32. The molecule has 1 heterocycles. The van der Waals surface area contributed by atoms with Crippen LogP contribution >= 0.6 is 23.2 Å². The summed E-state index contributed by atoms with van der Waals surface area (Å²) >= 11 is 12.4. The van der Waals surface area contributed by atoms with Gasteiger partial charge in [0.15, 0.2) is 0 Å². The molecule has 0 spiro atoms. The molecular weight excluding hydrogens is 310 g/mol. The third-order valence-electron chi connectivity index (χ3n) is 3.25. The van der Waals surface area contributed by atoms with Gasteiger partial charge in [-0.25, -0.2) is 9.37 Å². The molecule has 0 saturated heterocycles. The molecule has 3 rings (SSSR count). The van der Waals surface area contributed by atoms with Gasteiger partial charge in [-0.15, -0.1) is 0 Å². The number of para-hydroxylation sites is 1. The minimum atomic E-state index is -0.363. The summed E-state index contributed by atoms with van der Waals surface area (Å²) in [7, 11) is 1.78. The summed E-state index contributed by atoms with van der Waals surface area (Å²) in [6.45, 7) is 0. The Bertz CT molecular complexity index is 834. The van der Waals surface area contributed by atoms with Crippen LogP contribution in [0, 0.1) is 5.82 Å². The van der Waals surface area contributed by atoms with E-state index < -0.39 is 0 Å². The van der Waals surface area contributed by atoms with Crippen LogP contribution in [-0.2, 0) is 0 Å². The quantitative estimate of drug-likeness (QED) is 0.684. The van der Waals surface area contributed by atoms with Crippen molar-refractivity contribution in [2.45, 2.75) is 0 Å². The predicted octanol–water partition coefficient (Wildman–Crippen LogP) is 5.39. The van der Waals surface area contributed by atoms with Gasteiger partial charge in [-0.2, -0.15) is 0 Å². The first kappa shape index (κ1) is 14.1. The second-order valence-electron chi connectivity index (χ2n) is 4.57. The fraction of sp³-hybridized carbons (Fsp3) is 0.0625. The second-order valence-corrected chi connectivity index (χ2v) is 5.38. The molecule has 0 bridgehead atoms. The molecule has 0 unspecified atom stereocenters. The maximum Gasteiger partial charge on any atom is 0.123 e. The number of hydrogen-bond donors (Lipinski definition) is 1. The molecule has 0 saturated carbocycles. The van der Waals surface area contributed by atoms with E-state index in [0.717, 1.165) is 11.1 Å². The highest BCUT2D eigenvalue weighted by atomic mass is 35.5. The van der Waals surface area contributed by atoms with E-state index in [2.05, 4.69) is 10.3 Å². The average molecular weight is 321 g/mol. The van der Waals surface area contributed by atoms with E-state index in [0.29, 0.717) is 26.8 Å². The van der Waals surface area contributed by atoms with E-state index in [9.17, 15) is 4.39 Å². The molecule has 0 amide bonds. The Hall–Kier alpha value is -1.84. The summed E-state index contributed by atoms with van der Waals surface area (Å²) in [6.07, 6.45) is 0. The van der Waals surface area contributed by atoms with Gasteiger partial charge in [0.2, 0.25) is 0 Å². The van der Waals surface area contributed by atoms with Gasteiger partial charge in [-0.3, -0.25) is 0 Å². The van der Waals surface area contributed by atoms with Gasteiger partial charge in [-0.1, -0.05) is 35.3 Å². The molecule has 1 aromatic heterocycles. The van der Waals surface area contributed by atoms with Crippen LogP contribution in [0.5, 0.6) is 0 Å². The zero-order valence-corrected chi connectivity index (χ0v) is 12.6. The van der Waals surface area contributed by atoms with Crippen molar-refractivity contribution in [1.82, 2.24) is 4.98 Å². The average Bonchev–Trinajstić information content (AvgIpc) is 2.49. The van der Waals surface area contributed by atoms with Crippen LogP contribution in [0.2, 0.25) is 10.0 Å². The zero-order valence-electron chi connectivity index (χ0n) is 11.1. The second kappa shape index (κ2) is 5.51. The van der Waals surface area contributed by atoms with Crippen LogP contribution in [0.4, 0.5) is 10.1 Å². The highest BCUT2D eigenvalue weighted by molar-refractivity contribution is 6.35. The standard InChI is InChI=1S/C16H11Cl2FN2/c1-20-14-7-9-3-2-4-13(18)15(9)21-16(14)11-8-10(19)5-6-12(11)17/h2-8,20H,1H3. The minimum Gasteiger partial charge on any atom is -0.386 e. The maximum atomic E-state index is 13.5. The zero-order chi connectivity index (χ0) is 15.0. The van der Waals surface area contributed by atoms with E-state index in [1.165, 1.54) is 18.2 Å². The summed E-state index contributed by atoms with van der Waals surface area (Å²) in [5.41, 5.74) is 2.52. The van der Waals surface area contributed by atoms with Crippen molar-refractivity contribution in [3.8, 4) is 11.3 Å². The third kappa shape index (κ3) is 2.55. The summed E-state index contributed by atoms with van der Waals surface area (Å²) in [6, 6.07) is 11.7. The molecule has 106 valence electrons. The molecular formula is C16H11Cl2FN2. The predicted molar refractivity (Wildman–Crippen MR) is 86.7 cm³/mol. The molecule has 1 N–H and O–H groups in total. The summed E-state index contributed by atoms with van der Waals surface area (Å²) in [5.74, 6) is -0.363. The fourth-order valence-electron chi connectivity index (χ4n) is 2.24. The number of nitrogens with one attached hydrogen (secondary N) is 1. The molecule has 0 aliphatic rings. The van der Waals surface area contributed by atoms with Gasteiger partial charge in [0, 0.05) is 18.0 Å². The van der Waals surface area contributed by atoms with Crippen LogP contribution in [0.25, 0.3) is 22.2 Å². The summed E-state index contributed by atoms with van der Waals surface area (Å²) in [4.78, 5) is 4.57. The van der Waals surface area contributed by atoms with Crippen molar-refractivity contribution in [1.29, 1.82) is 0 Å². The van der Waals surface area contributed by atoms with Crippen molar-refractivity contribution in [2.75, 3.05) is 12.4 Å². The Balaban J connectivity index is 2.35. The Morgan fingerprint density at radius 3 is 2.62 bits per heavy atom. The molecule has 2 aromatic carbocycles. The largest absolute Gasteiger partial charge is 0.386 e. The Morgan fingerprint density at radius 1 is 1.05 bits per heavy atom. The normalized spacial score (nSPS) is 10.9. The fourth-order valence-corrected chi connectivity index (χ4v) is 2.67. The maximum absolute atomic E-state index is 13.5. The number of halogens is 3. The third-order valence-corrected chi connectivity index (χ3v) is 3.88. The topological polar surface area (TPSA) is 24.9 Å². The van der Waals surface area contributed by atoms with E-state index in [-0.39, 0.29) is 5.82 Å². The van der Waals surface area contributed by atoms with E-state index in [1.807, 2.05) is 18.2 Å². The first-order valence-corrected chi connectivity index (χ1v) is 7.08. The van der Waals surface area contributed by atoms with Gasteiger partial charge in [-0.05, 0) is 30.3 Å². The Labute approximate surface area is 131 Å². The number of benzene rings is 2. The Kier molecular flexibility index (Phi) is 3.70. The minimum absolute atomic E-state index is 0.363. The molecule has 0 fully saturated rings. The van der Waals surface area contributed by atoms with Gasteiger partial charge >= 0.3 is 0 Å². The van der Waals surface area contributed by atoms with Crippen molar-refractivity contribution < 1.29 is 4.39 Å². The lowest BCUT2D eigenvalue weighted by Crippen LogP contribution is -1.97. The summed E-state index contributed by atoms with van der Waals surface area (Å²) < 4.78 is 13.5. The molecule has 5 heteroatoms. The number of hydrogen-bond acceptors (Lipinski definition) is 2. The van der Waals surface area contributed by atoms with E-state index in [1.54, 1.807) is 13.1 Å². The van der Waals surface area contributed by atoms with E-state index >= 15 is 0 Å². The lowest BCUT2D eigenvalue weighted by molar-refractivity contribution is 0.628. The van der Waals surface area contributed by atoms with Gasteiger partial charge in [0.05, 0.1) is 26.9 Å². The number of nitrogens with zero attached hydrogens (tertiary/aromatic N) is 1. The van der Waals surface area contributed by atoms with Gasteiger partial charge in [0.25, 0.3) is 0 Å². The lowest BCUT2D eigenvalue weighted by Gasteiger charge is -2.12. The molecule has 0 atom stereocenters. The molecule has 0 aliphatic heterocycles.